The van der Waals surface area contributed by atoms with E-state index in [0.717, 1.165) is 41.6 Å². The van der Waals surface area contributed by atoms with Gasteiger partial charge in [-0.2, -0.15) is 0 Å². The summed E-state index contributed by atoms with van der Waals surface area (Å²) < 4.78 is -0.735. The number of carbonyl (C=O) groups excluding carboxylic acids is 3. The van der Waals surface area contributed by atoms with E-state index in [0.29, 0.717) is 39.0 Å². The van der Waals surface area contributed by atoms with Gasteiger partial charge in [0.1, 0.15) is 6.04 Å². The molecule has 0 aliphatic carbocycles. The number of hydrogen-bond acceptors (Lipinski definition) is 5. The fraction of sp³-hybridized carbons (Fsp3) is 0.486. The first-order chi connectivity index (χ1) is 22.2. The van der Waals surface area contributed by atoms with Crippen LogP contribution in [-0.2, 0) is 20.9 Å². The predicted molar refractivity (Wildman–Crippen MR) is 190 cm³/mol. The van der Waals surface area contributed by atoms with Crippen LogP contribution in [0.5, 0.6) is 0 Å². The van der Waals surface area contributed by atoms with Crippen molar-refractivity contribution >= 4 is 51.1 Å². The van der Waals surface area contributed by atoms with Gasteiger partial charge in [-0.05, 0) is 49.8 Å². The van der Waals surface area contributed by atoms with E-state index >= 15 is 4.79 Å². The number of benzene rings is 2. The van der Waals surface area contributed by atoms with Crippen LogP contribution in [0.3, 0.4) is 0 Å². The molecule has 1 N–H and O–H groups in total. The van der Waals surface area contributed by atoms with Crippen molar-refractivity contribution in [2.45, 2.75) is 73.4 Å². The first-order valence-corrected chi connectivity index (χ1v) is 18.1. The molecule has 0 aromatic heterocycles. The molecule has 3 aliphatic rings. The standard InChI is InChI=1S/C37H46BrN3O4S/c1-5-19-39(24-27-17-10-9-11-18-27)34(43)29-30-35(44)41(21-12-7-8-13-22-42)33(37(30)23-28(38)32(29)46-37)36(45)40(20-6-2)31-25(3)15-14-16-26(31)4/h5-6,9-11,14-18,28-30,32-33,42H,1-2,7-8,12-13,19-24H2,3-4H3/t28?,29-,30-,32-,33?,37?/m0/s1. The number of unbranched alkanes of at least 4 members (excludes halogenated alkanes) is 3. The largest absolute Gasteiger partial charge is 0.396 e. The summed E-state index contributed by atoms with van der Waals surface area (Å²) in [4.78, 5) is 49.7. The fourth-order valence-corrected chi connectivity index (χ4v) is 11.5. The van der Waals surface area contributed by atoms with Gasteiger partial charge in [0.15, 0.2) is 0 Å². The second-order valence-corrected chi connectivity index (χ2v) is 15.5. The van der Waals surface area contributed by atoms with Crippen LogP contribution in [0.2, 0.25) is 0 Å². The molecule has 6 atom stereocenters. The Morgan fingerprint density at radius 2 is 1.67 bits per heavy atom. The van der Waals surface area contributed by atoms with Crippen molar-refractivity contribution in [3.8, 4) is 0 Å². The second-order valence-electron chi connectivity index (χ2n) is 12.8. The number of hydrogen-bond donors (Lipinski definition) is 1. The quantitative estimate of drug-likeness (QED) is 0.138. The second kappa shape index (κ2) is 14.9. The molecule has 0 saturated carbocycles. The van der Waals surface area contributed by atoms with E-state index in [1.165, 1.54) is 0 Å². The number of fused-ring (bicyclic) bond motifs is 1. The highest BCUT2D eigenvalue weighted by Crippen LogP contribution is 2.68. The Morgan fingerprint density at radius 3 is 2.33 bits per heavy atom. The Hall–Kier alpha value is -2.88. The lowest BCUT2D eigenvalue weighted by Crippen LogP contribution is -2.56. The van der Waals surface area contributed by atoms with E-state index in [2.05, 4.69) is 29.1 Å². The van der Waals surface area contributed by atoms with Gasteiger partial charge in [-0.25, -0.2) is 0 Å². The third-order valence-corrected chi connectivity index (χ3v) is 13.0. The van der Waals surface area contributed by atoms with Crippen LogP contribution in [0, 0.1) is 25.7 Å². The molecule has 246 valence electrons. The zero-order valence-electron chi connectivity index (χ0n) is 26.9. The van der Waals surface area contributed by atoms with Gasteiger partial charge in [-0.3, -0.25) is 14.4 Å². The van der Waals surface area contributed by atoms with Gasteiger partial charge in [0.05, 0.1) is 16.6 Å². The van der Waals surface area contributed by atoms with Crippen molar-refractivity contribution in [2.24, 2.45) is 11.8 Å². The first kappa shape index (κ1) is 34.5. The molecule has 3 heterocycles. The Kier molecular flexibility index (Phi) is 11.2. The molecular weight excluding hydrogens is 662 g/mol. The summed E-state index contributed by atoms with van der Waals surface area (Å²) in [7, 11) is 0. The monoisotopic (exact) mass is 707 g/mol. The van der Waals surface area contributed by atoms with Crippen molar-refractivity contribution in [3.05, 3.63) is 90.5 Å². The summed E-state index contributed by atoms with van der Waals surface area (Å²) >= 11 is 5.59. The van der Waals surface area contributed by atoms with Crippen molar-refractivity contribution < 1.29 is 19.5 Å². The third kappa shape index (κ3) is 6.35. The summed E-state index contributed by atoms with van der Waals surface area (Å²) in [6, 6.07) is 15.2. The molecule has 2 aromatic carbocycles. The first-order valence-electron chi connectivity index (χ1n) is 16.4. The van der Waals surface area contributed by atoms with E-state index in [9.17, 15) is 14.7 Å². The lowest BCUT2D eigenvalue weighted by Gasteiger charge is -2.39. The number of likely N-dealkylation sites (tertiary alicyclic amines) is 1. The van der Waals surface area contributed by atoms with Gasteiger partial charge >= 0.3 is 0 Å². The average Bonchev–Trinajstić information content (AvgIpc) is 3.63. The number of rotatable bonds is 15. The number of para-hydroxylation sites is 1. The van der Waals surface area contributed by atoms with Crippen LogP contribution in [-0.4, -0.2) is 79.7 Å². The molecule has 7 nitrogen and oxygen atoms in total. The molecule has 3 unspecified atom stereocenters. The number of aliphatic hydroxyl groups is 1. The maximum atomic E-state index is 15.0. The lowest BCUT2D eigenvalue weighted by molar-refractivity contribution is -0.144. The number of alkyl halides is 1. The minimum atomic E-state index is -0.735. The lowest BCUT2D eigenvalue weighted by atomic mass is 9.70. The number of nitrogens with zero attached hydrogens (tertiary/aromatic N) is 3. The predicted octanol–water partition coefficient (Wildman–Crippen LogP) is 6.05. The van der Waals surface area contributed by atoms with E-state index in [1.54, 1.807) is 33.7 Å². The van der Waals surface area contributed by atoms with E-state index in [-0.39, 0.29) is 34.4 Å². The van der Waals surface area contributed by atoms with Gasteiger partial charge in [-0.1, -0.05) is 89.5 Å². The van der Waals surface area contributed by atoms with E-state index < -0.39 is 22.6 Å². The topological polar surface area (TPSA) is 81.2 Å². The van der Waals surface area contributed by atoms with Gasteiger partial charge < -0.3 is 19.8 Å². The Bertz CT molecular complexity index is 1430. The van der Waals surface area contributed by atoms with Crippen molar-refractivity contribution in [2.75, 3.05) is 31.1 Å². The van der Waals surface area contributed by atoms with Crippen LogP contribution in [0.4, 0.5) is 5.69 Å². The third-order valence-electron chi connectivity index (χ3n) is 9.78. The van der Waals surface area contributed by atoms with Crippen LogP contribution in [0.15, 0.2) is 73.8 Å². The summed E-state index contributed by atoms with van der Waals surface area (Å²) in [5.41, 5.74) is 3.84. The van der Waals surface area contributed by atoms with Crippen LogP contribution < -0.4 is 4.90 Å². The van der Waals surface area contributed by atoms with Gasteiger partial charge in [-0.15, -0.1) is 24.9 Å². The van der Waals surface area contributed by atoms with Crippen molar-refractivity contribution in [1.29, 1.82) is 0 Å². The number of anilines is 1. The van der Waals surface area contributed by atoms with Crippen molar-refractivity contribution in [3.63, 3.8) is 0 Å². The molecule has 0 radical (unpaired) electrons. The van der Waals surface area contributed by atoms with Gasteiger partial charge in [0.25, 0.3) is 5.91 Å². The number of halogens is 1. The molecule has 5 rings (SSSR count). The molecule has 46 heavy (non-hydrogen) atoms. The molecular formula is C37H46BrN3O4S. The number of aliphatic hydroxyl groups excluding tert-OH is 1. The Morgan fingerprint density at radius 1 is 1.00 bits per heavy atom. The maximum absolute atomic E-state index is 15.0. The highest BCUT2D eigenvalue weighted by Gasteiger charge is 2.76. The number of aryl methyl sites for hydroxylation is 2. The number of thioether (sulfide) groups is 1. The van der Waals surface area contributed by atoms with Crippen LogP contribution in [0.25, 0.3) is 0 Å². The average molecular weight is 709 g/mol. The molecule has 3 saturated heterocycles. The SMILES string of the molecule is C=CCN(Cc1ccccc1)C(=O)[C@H]1[C@H]2C(=O)N(CCCCCCO)C(C(=O)N(CC=C)c3c(C)cccc3C)C23CC(Br)[C@@H]1S3. The Balaban J connectivity index is 1.55. The Labute approximate surface area is 286 Å². The highest BCUT2D eigenvalue weighted by molar-refractivity contribution is 9.09. The molecule has 9 heteroatoms. The normalized spacial score (nSPS) is 26.2. The van der Waals surface area contributed by atoms with E-state index in [4.69, 9.17) is 0 Å². The maximum Gasteiger partial charge on any atom is 0.251 e. The molecule has 1 spiro atoms. The molecule has 2 bridgehead atoms. The molecule has 2 aromatic rings. The summed E-state index contributed by atoms with van der Waals surface area (Å²) in [5.74, 6) is -1.41. The summed E-state index contributed by atoms with van der Waals surface area (Å²) in [5, 5.41) is 9.16. The zero-order valence-corrected chi connectivity index (χ0v) is 29.3. The smallest absolute Gasteiger partial charge is 0.251 e. The number of amides is 3. The van der Waals surface area contributed by atoms with E-state index in [1.807, 2.05) is 67.3 Å². The van der Waals surface area contributed by atoms with Gasteiger partial charge in [0, 0.05) is 48.6 Å². The zero-order chi connectivity index (χ0) is 33.0. The summed E-state index contributed by atoms with van der Waals surface area (Å²) in [6.07, 6.45) is 7.25. The van der Waals surface area contributed by atoms with Crippen LogP contribution >= 0.6 is 27.7 Å². The minimum Gasteiger partial charge on any atom is -0.396 e. The summed E-state index contributed by atoms with van der Waals surface area (Å²) in [6.45, 7) is 13.6. The molecule has 3 aliphatic heterocycles. The van der Waals surface area contributed by atoms with Crippen molar-refractivity contribution in [1.82, 2.24) is 9.80 Å². The molecule has 3 amide bonds. The van der Waals surface area contributed by atoms with Crippen LogP contribution in [0.1, 0.15) is 48.8 Å². The minimum absolute atomic E-state index is 0.00865. The molecule has 3 fully saturated rings. The van der Waals surface area contributed by atoms with Gasteiger partial charge in [0.2, 0.25) is 11.8 Å². The fourth-order valence-electron chi connectivity index (χ4n) is 7.88. The number of carbonyl (C=O) groups is 3. The highest BCUT2D eigenvalue weighted by atomic mass is 79.9.